The van der Waals surface area contributed by atoms with Gasteiger partial charge < -0.3 is 0 Å². The van der Waals surface area contributed by atoms with Crippen molar-refractivity contribution in [2.24, 2.45) is 17.3 Å². The van der Waals surface area contributed by atoms with Crippen molar-refractivity contribution in [3.05, 3.63) is 0 Å². The van der Waals surface area contributed by atoms with Gasteiger partial charge in [0.15, 0.2) is 0 Å². The highest BCUT2D eigenvalue weighted by atomic mass is 35.5. The van der Waals surface area contributed by atoms with Crippen LogP contribution in [0.1, 0.15) is 59.3 Å². The largest absolute Gasteiger partial charge is 0.126 e. The van der Waals surface area contributed by atoms with Crippen molar-refractivity contribution in [2.75, 3.05) is 5.88 Å². The Labute approximate surface area is 94.4 Å². The van der Waals surface area contributed by atoms with Crippen LogP contribution in [0.2, 0.25) is 0 Å². The second-order valence-electron chi connectivity index (χ2n) is 5.88. The first-order valence-electron chi connectivity index (χ1n) is 6.11. The van der Waals surface area contributed by atoms with Gasteiger partial charge in [0.25, 0.3) is 0 Å². The zero-order valence-corrected chi connectivity index (χ0v) is 10.7. The van der Waals surface area contributed by atoms with Crippen molar-refractivity contribution in [3.63, 3.8) is 0 Å². The number of hydrogen-bond donors (Lipinski definition) is 0. The van der Waals surface area contributed by atoms with Gasteiger partial charge in [0.05, 0.1) is 0 Å². The highest BCUT2D eigenvalue weighted by Gasteiger charge is 2.31. The van der Waals surface area contributed by atoms with Gasteiger partial charge in [-0.1, -0.05) is 59.3 Å². The Morgan fingerprint density at radius 2 is 1.57 bits per heavy atom. The maximum absolute atomic E-state index is 6.14. The van der Waals surface area contributed by atoms with Gasteiger partial charge >= 0.3 is 0 Å². The fourth-order valence-corrected chi connectivity index (χ4v) is 3.49. The molecule has 0 heterocycles. The lowest BCUT2D eigenvalue weighted by Gasteiger charge is -2.35. The first kappa shape index (κ1) is 12.4. The summed E-state index contributed by atoms with van der Waals surface area (Å²) < 4.78 is 0. The second-order valence-corrected chi connectivity index (χ2v) is 6.19. The molecule has 1 saturated carbocycles. The zero-order valence-electron chi connectivity index (χ0n) is 9.98. The van der Waals surface area contributed by atoms with Gasteiger partial charge in [-0.15, -0.1) is 11.6 Å². The van der Waals surface area contributed by atoms with E-state index in [1.54, 1.807) is 0 Å². The summed E-state index contributed by atoms with van der Waals surface area (Å²) in [5.74, 6) is 2.44. The van der Waals surface area contributed by atoms with Crippen LogP contribution in [0.15, 0.2) is 0 Å². The van der Waals surface area contributed by atoms with E-state index in [1.165, 1.54) is 38.5 Å². The maximum atomic E-state index is 6.14. The van der Waals surface area contributed by atoms with Crippen LogP contribution in [0.3, 0.4) is 0 Å². The van der Waals surface area contributed by atoms with E-state index in [9.17, 15) is 0 Å². The Kier molecular flexibility index (Phi) is 4.76. The molecule has 0 N–H and O–H groups in total. The molecule has 0 aromatic carbocycles. The van der Waals surface area contributed by atoms with Crippen LogP contribution in [0, 0.1) is 17.3 Å². The molecule has 14 heavy (non-hydrogen) atoms. The highest BCUT2D eigenvalue weighted by molar-refractivity contribution is 6.18. The van der Waals surface area contributed by atoms with Gasteiger partial charge in [-0.05, 0) is 17.3 Å². The molecular formula is C13H25Cl. The van der Waals surface area contributed by atoms with Gasteiger partial charge in [-0.2, -0.15) is 0 Å². The summed E-state index contributed by atoms with van der Waals surface area (Å²) in [5.41, 5.74) is 0.386. The SMILES string of the molecule is CC(C)(C)C(CCl)C1CCCCCC1. The third-order valence-corrected chi connectivity index (χ3v) is 4.08. The van der Waals surface area contributed by atoms with Gasteiger partial charge in [-0.3, -0.25) is 0 Å². The number of hydrogen-bond acceptors (Lipinski definition) is 0. The van der Waals surface area contributed by atoms with E-state index in [0.29, 0.717) is 11.3 Å². The average molecular weight is 217 g/mol. The predicted octanol–water partition coefficient (Wildman–Crippen LogP) is 4.86. The average Bonchev–Trinajstić information content (AvgIpc) is 2.31. The van der Waals surface area contributed by atoms with Crippen LogP contribution >= 0.6 is 11.6 Å². The lowest BCUT2D eigenvalue weighted by molar-refractivity contribution is 0.165. The van der Waals surface area contributed by atoms with E-state index in [2.05, 4.69) is 20.8 Å². The molecule has 84 valence electrons. The van der Waals surface area contributed by atoms with Gasteiger partial charge in [-0.25, -0.2) is 0 Å². The van der Waals surface area contributed by atoms with E-state index >= 15 is 0 Å². The summed E-state index contributed by atoms with van der Waals surface area (Å²) in [5, 5.41) is 0. The molecule has 0 aliphatic heterocycles. The molecule has 1 rings (SSSR count). The molecular weight excluding hydrogens is 192 g/mol. The Bertz CT molecular complexity index is 149. The van der Waals surface area contributed by atoms with Gasteiger partial charge in [0, 0.05) is 5.88 Å². The quantitative estimate of drug-likeness (QED) is 0.457. The molecule has 0 spiro atoms. The molecule has 0 aromatic rings. The molecule has 1 heteroatoms. The molecule has 0 aromatic heterocycles. The summed E-state index contributed by atoms with van der Waals surface area (Å²) in [4.78, 5) is 0. The maximum Gasteiger partial charge on any atom is 0.0259 e. The number of alkyl halides is 1. The lowest BCUT2D eigenvalue weighted by Crippen LogP contribution is -2.29. The van der Waals surface area contributed by atoms with Crippen LogP contribution in [0.5, 0.6) is 0 Å². The Balaban J connectivity index is 2.58. The summed E-state index contributed by atoms with van der Waals surface area (Å²) in [7, 11) is 0. The minimum absolute atomic E-state index is 0.386. The van der Waals surface area contributed by atoms with Crippen molar-refractivity contribution < 1.29 is 0 Å². The lowest BCUT2D eigenvalue weighted by atomic mass is 9.72. The molecule has 0 amide bonds. The molecule has 1 aliphatic rings. The first-order chi connectivity index (χ1) is 6.55. The normalized spacial score (nSPS) is 23.1. The standard InChI is InChI=1S/C13H25Cl/c1-13(2,3)12(10-14)11-8-6-4-5-7-9-11/h11-12H,4-10H2,1-3H3. The Hall–Kier alpha value is 0.290. The van der Waals surface area contributed by atoms with Crippen LogP contribution in [-0.4, -0.2) is 5.88 Å². The molecule has 0 saturated heterocycles. The van der Waals surface area contributed by atoms with Gasteiger partial charge in [0.2, 0.25) is 0 Å². The van der Waals surface area contributed by atoms with E-state index in [4.69, 9.17) is 11.6 Å². The monoisotopic (exact) mass is 216 g/mol. The van der Waals surface area contributed by atoms with E-state index in [1.807, 2.05) is 0 Å². The molecule has 1 unspecified atom stereocenters. The smallest absolute Gasteiger partial charge is 0.0259 e. The van der Waals surface area contributed by atoms with Crippen molar-refractivity contribution >= 4 is 11.6 Å². The molecule has 1 aliphatic carbocycles. The van der Waals surface area contributed by atoms with Crippen LogP contribution < -0.4 is 0 Å². The minimum Gasteiger partial charge on any atom is -0.126 e. The van der Waals surface area contributed by atoms with E-state index in [0.717, 1.165) is 11.8 Å². The second kappa shape index (κ2) is 5.39. The number of rotatable bonds is 2. The summed E-state index contributed by atoms with van der Waals surface area (Å²) in [6.45, 7) is 7.01. The van der Waals surface area contributed by atoms with Crippen LogP contribution in [-0.2, 0) is 0 Å². The van der Waals surface area contributed by atoms with Crippen LogP contribution in [0.4, 0.5) is 0 Å². The molecule has 1 fully saturated rings. The third-order valence-electron chi connectivity index (χ3n) is 3.75. The Morgan fingerprint density at radius 3 is 1.93 bits per heavy atom. The molecule has 0 nitrogen and oxygen atoms in total. The number of halogens is 1. The van der Waals surface area contributed by atoms with Crippen molar-refractivity contribution in [1.29, 1.82) is 0 Å². The van der Waals surface area contributed by atoms with Crippen molar-refractivity contribution in [2.45, 2.75) is 59.3 Å². The fourth-order valence-electron chi connectivity index (χ4n) is 2.78. The van der Waals surface area contributed by atoms with Gasteiger partial charge in [0.1, 0.15) is 0 Å². The molecule has 0 radical (unpaired) electrons. The zero-order chi connectivity index (χ0) is 10.6. The Morgan fingerprint density at radius 1 is 1.07 bits per heavy atom. The highest BCUT2D eigenvalue weighted by Crippen LogP contribution is 2.39. The first-order valence-corrected chi connectivity index (χ1v) is 6.65. The predicted molar refractivity (Wildman–Crippen MR) is 64.9 cm³/mol. The summed E-state index contributed by atoms with van der Waals surface area (Å²) in [6.07, 6.45) is 8.55. The minimum atomic E-state index is 0.386. The topological polar surface area (TPSA) is 0 Å². The van der Waals surface area contributed by atoms with Crippen LogP contribution in [0.25, 0.3) is 0 Å². The third kappa shape index (κ3) is 3.46. The van der Waals surface area contributed by atoms with Crippen molar-refractivity contribution in [1.82, 2.24) is 0 Å². The van der Waals surface area contributed by atoms with E-state index < -0.39 is 0 Å². The van der Waals surface area contributed by atoms with E-state index in [-0.39, 0.29) is 0 Å². The summed E-state index contributed by atoms with van der Waals surface area (Å²) in [6, 6.07) is 0. The summed E-state index contributed by atoms with van der Waals surface area (Å²) >= 11 is 6.14. The van der Waals surface area contributed by atoms with Crippen molar-refractivity contribution in [3.8, 4) is 0 Å². The fraction of sp³-hybridized carbons (Fsp3) is 1.00. The molecule has 0 bridgehead atoms. The molecule has 1 atom stereocenters.